The first-order chi connectivity index (χ1) is 13.8. The van der Waals surface area contributed by atoms with Crippen molar-refractivity contribution < 1.29 is 29.7 Å². The molecule has 0 spiro atoms. The maximum absolute atomic E-state index is 11.9. The van der Waals surface area contributed by atoms with Gasteiger partial charge >= 0.3 is 11.9 Å². The summed E-state index contributed by atoms with van der Waals surface area (Å²) < 4.78 is 0. The van der Waals surface area contributed by atoms with Gasteiger partial charge in [0, 0.05) is 19.1 Å². The Kier molecular flexibility index (Phi) is 10.7. The smallest absolute Gasteiger partial charge is 0.414 e. The highest BCUT2D eigenvalue weighted by molar-refractivity contribution is 6.27. The second-order valence-electron chi connectivity index (χ2n) is 6.31. The van der Waals surface area contributed by atoms with Gasteiger partial charge in [-0.05, 0) is 18.1 Å². The van der Waals surface area contributed by atoms with E-state index >= 15 is 0 Å². The lowest BCUT2D eigenvalue weighted by Crippen LogP contribution is -2.41. The second kappa shape index (κ2) is 13.0. The predicted octanol–water partition coefficient (Wildman–Crippen LogP) is 1.21. The molecule has 0 aliphatic carbocycles. The lowest BCUT2D eigenvalue weighted by Gasteiger charge is -2.18. The summed E-state index contributed by atoms with van der Waals surface area (Å²) in [4.78, 5) is 30.1. The quantitative estimate of drug-likeness (QED) is 0.419. The number of carbonyl (C=O) groups excluding carboxylic acids is 1. The molecule has 8 nitrogen and oxygen atoms in total. The van der Waals surface area contributed by atoms with Crippen molar-refractivity contribution in [2.24, 2.45) is 0 Å². The van der Waals surface area contributed by atoms with Gasteiger partial charge < -0.3 is 26.0 Å². The Morgan fingerprint density at radius 1 is 0.862 bits per heavy atom. The van der Waals surface area contributed by atoms with Crippen molar-refractivity contribution in [3.05, 3.63) is 71.8 Å². The Bertz CT molecular complexity index is 755. The van der Waals surface area contributed by atoms with Crippen LogP contribution in [0, 0.1) is 0 Å². The van der Waals surface area contributed by atoms with Crippen molar-refractivity contribution in [3.8, 4) is 0 Å². The van der Waals surface area contributed by atoms with Gasteiger partial charge in [-0.1, -0.05) is 60.7 Å². The minimum Gasteiger partial charge on any atom is -0.473 e. The number of hydrogen-bond donors (Lipinski definition) is 5. The van der Waals surface area contributed by atoms with Gasteiger partial charge in [0.05, 0.1) is 12.5 Å². The molecule has 1 amide bonds. The molecule has 0 aromatic heterocycles. The van der Waals surface area contributed by atoms with Crippen LogP contribution >= 0.6 is 0 Å². The molecular weight excluding hydrogens is 376 g/mol. The van der Waals surface area contributed by atoms with Crippen LogP contribution in [-0.4, -0.2) is 52.3 Å². The summed E-state index contributed by atoms with van der Waals surface area (Å²) in [6.07, 6.45) is -0.154. The zero-order valence-corrected chi connectivity index (χ0v) is 16.1. The average Bonchev–Trinajstić information content (AvgIpc) is 2.72. The number of benzene rings is 2. The molecule has 0 bridgehead atoms. The number of aliphatic hydroxyl groups excluding tert-OH is 1. The molecule has 0 saturated carbocycles. The number of amides is 1. The van der Waals surface area contributed by atoms with Crippen LogP contribution in [0.4, 0.5) is 0 Å². The van der Waals surface area contributed by atoms with E-state index in [9.17, 15) is 9.90 Å². The molecule has 0 saturated heterocycles. The van der Waals surface area contributed by atoms with Gasteiger partial charge in [-0.2, -0.15) is 0 Å². The third-order valence-corrected chi connectivity index (χ3v) is 3.84. The van der Waals surface area contributed by atoms with Crippen molar-refractivity contribution in [2.45, 2.75) is 25.5 Å². The number of rotatable bonds is 8. The number of nitrogens with one attached hydrogen (secondary N) is 2. The Balaban J connectivity index is 0.000000612. The fourth-order valence-corrected chi connectivity index (χ4v) is 2.29. The molecular formula is C21H26N2O6. The van der Waals surface area contributed by atoms with Crippen molar-refractivity contribution in [2.75, 3.05) is 13.1 Å². The largest absolute Gasteiger partial charge is 0.473 e. The third-order valence-electron chi connectivity index (χ3n) is 3.84. The highest BCUT2D eigenvalue weighted by Crippen LogP contribution is 2.10. The van der Waals surface area contributed by atoms with Crippen LogP contribution in [0.1, 0.15) is 24.2 Å². The monoisotopic (exact) mass is 402 g/mol. The molecule has 2 rings (SSSR count). The zero-order chi connectivity index (χ0) is 21.6. The first-order valence-corrected chi connectivity index (χ1v) is 9.02. The van der Waals surface area contributed by atoms with Gasteiger partial charge in [0.25, 0.3) is 0 Å². The van der Waals surface area contributed by atoms with E-state index in [4.69, 9.17) is 19.8 Å². The molecule has 0 aliphatic heterocycles. The van der Waals surface area contributed by atoms with E-state index < -0.39 is 18.0 Å². The van der Waals surface area contributed by atoms with Crippen molar-refractivity contribution >= 4 is 17.8 Å². The predicted molar refractivity (Wildman–Crippen MR) is 107 cm³/mol. The van der Waals surface area contributed by atoms with Crippen LogP contribution in [0.3, 0.4) is 0 Å². The standard InChI is InChI=1S/C19H24N2O2.C2H2O4/c1-15(20-14-18(22)17-10-6-3-7-11-17)13-21-19(23)12-16-8-4-2-5-9-16;3-1(4)2(5)6/h2-11,15,18,20,22H,12-14H2,1H3,(H,21,23);(H,3,4)(H,5,6)/t15-,18+;/m1./s1. The summed E-state index contributed by atoms with van der Waals surface area (Å²) in [5, 5.41) is 31.0. The highest BCUT2D eigenvalue weighted by Gasteiger charge is 2.10. The molecule has 2 aromatic rings. The first kappa shape index (κ1) is 23.8. The Morgan fingerprint density at radius 3 is 1.90 bits per heavy atom. The molecule has 5 N–H and O–H groups in total. The van der Waals surface area contributed by atoms with Gasteiger partial charge in [0.1, 0.15) is 0 Å². The lowest BCUT2D eigenvalue weighted by molar-refractivity contribution is -0.159. The van der Waals surface area contributed by atoms with Gasteiger partial charge in [0.2, 0.25) is 5.91 Å². The summed E-state index contributed by atoms with van der Waals surface area (Å²) >= 11 is 0. The molecule has 2 atom stereocenters. The van der Waals surface area contributed by atoms with Gasteiger partial charge in [0.15, 0.2) is 0 Å². The summed E-state index contributed by atoms with van der Waals surface area (Å²) in [6.45, 7) is 2.98. The third kappa shape index (κ3) is 10.6. The maximum atomic E-state index is 11.9. The molecule has 0 unspecified atom stereocenters. The second-order valence-corrected chi connectivity index (χ2v) is 6.31. The molecule has 8 heteroatoms. The highest BCUT2D eigenvalue weighted by atomic mass is 16.4. The van der Waals surface area contributed by atoms with Crippen LogP contribution in [0.2, 0.25) is 0 Å². The normalized spacial score (nSPS) is 12.1. The Hall–Kier alpha value is -3.23. The molecule has 2 aromatic carbocycles. The topological polar surface area (TPSA) is 136 Å². The zero-order valence-electron chi connectivity index (χ0n) is 16.1. The fourth-order valence-electron chi connectivity index (χ4n) is 2.29. The van der Waals surface area contributed by atoms with Gasteiger partial charge in [-0.25, -0.2) is 9.59 Å². The number of carbonyl (C=O) groups is 3. The van der Waals surface area contributed by atoms with Gasteiger partial charge in [-0.15, -0.1) is 0 Å². The minimum atomic E-state index is -1.82. The van der Waals surface area contributed by atoms with Crippen LogP contribution in [0.25, 0.3) is 0 Å². The van der Waals surface area contributed by atoms with Crippen molar-refractivity contribution in [3.63, 3.8) is 0 Å². The molecule has 0 heterocycles. The molecule has 0 fully saturated rings. The molecule has 156 valence electrons. The summed E-state index contributed by atoms with van der Waals surface area (Å²) in [5.41, 5.74) is 1.89. The number of carboxylic acids is 2. The number of aliphatic carboxylic acids is 2. The maximum Gasteiger partial charge on any atom is 0.414 e. The van der Waals surface area contributed by atoms with Crippen molar-refractivity contribution in [1.29, 1.82) is 0 Å². The first-order valence-electron chi connectivity index (χ1n) is 9.02. The molecule has 0 radical (unpaired) electrons. The van der Waals surface area contributed by atoms with Crippen LogP contribution < -0.4 is 10.6 Å². The Labute approximate surface area is 169 Å². The SMILES string of the molecule is C[C@H](CNC(=O)Cc1ccccc1)NC[C@H](O)c1ccccc1.O=C(O)C(=O)O. The Morgan fingerprint density at radius 2 is 1.38 bits per heavy atom. The van der Waals surface area contributed by atoms with E-state index in [-0.39, 0.29) is 11.9 Å². The van der Waals surface area contributed by atoms with E-state index in [0.717, 1.165) is 11.1 Å². The van der Waals surface area contributed by atoms with Crippen LogP contribution in [-0.2, 0) is 20.8 Å². The van der Waals surface area contributed by atoms with Crippen LogP contribution in [0.5, 0.6) is 0 Å². The van der Waals surface area contributed by atoms with E-state index in [1.807, 2.05) is 67.6 Å². The minimum absolute atomic E-state index is 0.00783. The lowest BCUT2D eigenvalue weighted by atomic mass is 10.1. The number of aliphatic hydroxyl groups is 1. The number of carboxylic acid groups (broad SMARTS) is 2. The van der Waals surface area contributed by atoms with E-state index in [0.29, 0.717) is 19.5 Å². The molecule has 0 aliphatic rings. The van der Waals surface area contributed by atoms with Crippen molar-refractivity contribution in [1.82, 2.24) is 10.6 Å². The summed E-state index contributed by atoms with van der Waals surface area (Å²) in [6, 6.07) is 19.3. The molecule has 29 heavy (non-hydrogen) atoms. The average molecular weight is 402 g/mol. The van der Waals surface area contributed by atoms with E-state index in [2.05, 4.69) is 10.6 Å². The van der Waals surface area contributed by atoms with Gasteiger partial charge in [-0.3, -0.25) is 4.79 Å². The van der Waals surface area contributed by atoms with E-state index in [1.54, 1.807) is 0 Å². The number of hydrogen-bond acceptors (Lipinski definition) is 5. The fraction of sp³-hybridized carbons (Fsp3) is 0.286. The summed E-state index contributed by atoms with van der Waals surface area (Å²) in [5.74, 6) is -3.64. The summed E-state index contributed by atoms with van der Waals surface area (Å²) in [7, 11) is 0. The van der Waals surface area contributed by atoms with Crippen LogP contribution in [0.15, 0.2) is 60.7 Å². The van der Waals surface area contributed by atoms with E-state index in [1.165, 1.54) is 0 Å².